The summed E-state index contributed by atoms with van der Waals surface area (Å²) < 4.78 is 12.9. The maximum Gasteiger partial charge on any atom is 0.137 e. The molecule has 0 unspecified atom stereocenters. The van der Waals surface area contributed by atoms with E-state index in [1.807, 2.05) is 53.6 Å². The fourth-order valence-electron chi connectivity index (χ4n) is 6.97. The molecule has 0 radical (unpaired) electrons. The van der Waals surface area contributed by atoms with Crippen LogP contribution < -0.4 is 0 Å². The van der Waals surface area contributed by atoms with Crippen LogP contribution in [0.1, 0.15) is 0 Å². The quantitative estimate of drug-likeness (QED) is 0.214. The predicted molar refractivity (Wildman–Crippen MR) is 177 cm³/mol. The van der Waals surface area contributed by atoms with Gasteiger partial charge in [-0.15, -0.1) is 0 Å². The van der Waals surface area contributed by atoms with Crippen molar-refractivity contribution >= 4 is 65.6 Å². The van der Waals surface area contributed by atoms with Crippen LogP contribution in [0.5, 0.6) is 0 Å². The summed E-state index contributed by atoms with van der Waals surface area (Å²) in [5, 5.41) is 11.4. The summed E-state index contributed by atoms with van der Waals surface area (Å²) in [4.78, 5) is 4.84. The smallest absolute Gasteiger partial charge is 0.137 e. The largest absolute Gasteiger partial charge is 0.456 e. The fourth-order valence-corrected chi connectivity index (χ4v) is 6.97. The molecule has 5 aromatic carbocycles. The molecule has 6 heteroatoms. The van der Waals surface area contributed by atoms with Crippen LogP contribution in [-0.4, -0.2) is 23.9 Å². The second kappa shape index (κ2) is 8.69. The standard InChI is InChI=1S/C38H23N5O/c1-3-10-31-26(8-1)27-15-13-24(41-21-7-20-40-41)22-32(27)42(31)25-14-16-28-29-17-18-35-37(30-9-2-4-11-34(30)44-35)38(29)43(33(28)23-25)36-12-5-6-19-39-36/h1-23H. The van der Waals surface area contributed by atoms with E-state index in [2.05, 4.69) is 105 Å². The average molecular weight is 566 g/mol. The Morgan fingerprint density at radius 1 is 0.500 bits per heavy atom. The Balaban J connectivity index is 1.34. The lowest BCUT2D eigenvalue weighted by molar-refractivity contribution is 0.669. The number of rotatable bonds is 3. The van der Waals surface area contributed by atoms with E-state index in [4.69, 9.17) is 9.40 Å². The molecule has 0 aliphatic heterocycles. The average Bonchev–Trinajstić information content (AvgIpc) is 3.86. The van der Waals surface area contributed by atoms with E-state index < -0.39 is 0 Å². The molecule has 44 heavy (non-hydrogen) atoms. The van der Waals surface area contributed by atoms with Gasteiger partial charge >= 0.3 is 0 Å². The minimum Gasteiger partial charge on any atom is -0.456 e. The van der Waals surface area contributed by atoms with Gasteiger partial charge < -0.3 is 8.98 Å². The van der Waals surface area contributed by atoms with Crippen LogP contribution in [0.2, 0.25) is 0 Å². The summed E-state index contributed by atoms with van der Waals surface area (Å²) >= 11 is 0. The Morgan fingerprint density at radius 2 is 1.23 bits per heavy atom. The molecular formula is C38H23N5O. The number of aromatic nitrogens is 5. The van der Waals surface area contributed by atoms with E-state index >= 15 is 0 Å². The van der Waals surface area contributed by atoms with Gasteiger partial charge in [-0.1, -0.05) is 54.6 Å². The third kappa shape index (κ3) is 3.14. The molecule has 6 nitrogen and oxygen atoms in total. The summed E-state index contributed by atoms with van der Waals surface area (Å²) in [5.41, 5.74) is 8.31. The number of benzene rings is 5. The van der Waals surface area contributed by atoms with Crippen LogP contribution in [-0.2, 0) is 0 Å². The maximum atomic E-state index is 6.32. The number of hydrogen-bond acceptors (Lipinski definition) is 3. The van der Waals surface area contributed by atoms with Crippen molar-refractivity contribution in [2.24, 2.45) is 0 Å². The van der Waals surface area contributed by atoms with Crippen LogP contribution in [0.25, 0.3) is 82.7 Å². The lowest BCUT2D eigenvalue weighted by Gasteiger charge is -2.11. The van der Waals surface area contributed by atoms with E-state index in [9.17, 15) is 0 Å². The molecule has 5 aromatic heterocycles. The SMILES string of the molecule is c1ccc(-n2c3cc(-n4c5ccccc5c5ccc(-n6cccn6)cc54)ccc3c3ccc4oc5ccccc5c4c32)nc1. The molecule has 0 atom stereocenters. The van der Waals surface area contributed by atoms with Gasteiger partial charge in [0.1, 0.15) is 17.0 Å². The van der Waals surface area contributed by atoms with Crippen LogP contribution >= 0.6 is 0 Å². The monoisotopic (exact) mass is 565 g/mol. The van der Waals surface area contributed by atoms with Gasteiger partial charge in [0, 0.05) is 51.2 Å². The zero-order chi connectivity index (χ0) is 28.8. The van der Waals surface area contributed by atoms with Gasteiger partial charge in [-0.3, -0.25) is 4.57 Å². The van der Waals surface area contributed by atoms with Gasteiger partial charge in [0.05, 0.1) is 33.1 Å². The first kappa shape index (κ1) is 23.4. The molecule has 10 rings (SSSR count). The molecule has 206 valence electrons. The third-order valence-corrected chi connectivity index (χ3v) is 8.81. The molecule has 5 heterocycles. The van der Waals surface area contributed by atoms with Gasteiger partial charge in [-0.2, -0.15) is 5.10 Å². The Kier molecular flexibility index (Phi) is 4.63. The highest BCUT2D eigenvalue weighted by Crippen LogP contribution is 2.42. The zero-order valence-corrected chi connectivity index (χ0v) is 23.4. The van der Waals surface area contributed by atoms with Crippen molar-refractivity contribution in [1.29, 1.82) is 0 Å². The molecule has 0 saturated heterocycles. The number of fused-ring (bicyclic) bond motifs is 10. The summed E-state index contributed by atoms with van der Waals surface area (Å²) in [6.07, 6.45) is 5.64. The van der Waals surface area contributed by atoms with Crippen LogP contribution in [0.4, 0.5) is 0 Å². The molecule has 0 N–H and O–H groups in total. The predicted octanol–water partition coefficient (Wildman–Crippen LogP) is 9.36. The van der Waals surface area contributed by atoms with Crippen molar-refractivity contribution in [1.82, 2.24) is 23.9 Å². The number of hydrogen-bond donors (Lipinski definition) is 0. The summed E-state index contributed by atoms with van der Waals surface area (Å²) in [7, 11) is 0. The molecule has 0 saturated carbocycles. The van der Waals surface area contributed by atoms with Crippen molar-refractivity contribution in [3.8, 4) is 17.2 Å². The van der Waals surface area contributed by atoms with Gasteiger partial charge in [-0.05, 0) is 66.7 Å². The molecule has 0 amide bonds. The number of nitrogens with zero attached hydrogens (tertiary/aromatic N) is 5. The van der Waals surface area contributed by atoms with E-state index in [1.54, 1.807) is 0 Å². The molecule has 0 fully saturated rings. The highest BCUT2D eigenvalue weighted by molar-refractivity contribution is 6.24. The van der Waals surface area contributed by atoms with Crippen molar-refractivity contribution < 1.29 is 4.42 Å². The lowest BCUT2D eigenvalue weighted by atomic mass is 10.1. The van der Waals surface area contributed by atoms with Crippen molar-refractivity contribution in [3.05, 3.63) is 140 Å². The Hall–Kier alpha value is -6.14. The Bertz CT molecular complexity index is 2710. The van der Waals surface area contributed by atoms with E-state index in [-0.39, 0.29) is 0 Å². The van der Waals surface area contributed by atoms with Crippen molar-refractivity contribution in [3.63, 3.8) is 0 Å². The highest BCUT2D eigenvalue weighted by Gasteiger charge is 2.21. The van der Waals surface area contributed by atoms with Gasteiger partial charge in [0.25, 0.3) is 0 Å². The summed E-state index contributed by atoms with van der Waals surface area (Å²) in [6.45, 7) is 0. The first-order valence-electron chi connectivity index (χ1n) is 14.7. The fraction of sp³-hybridized carbons (Fsp3) is 0. The second-order valence-corrected chi connectivity index (χ2v) is 11.2. The number of pyridine rings is 1. The van der Waals surface area contributed by atoms with E-state index in [0.29, 0.717) is 0 Å². The second-order valence-electron chi connectivity index (χ2n) is 11.2. The highest BCUT2D eigenvalue weighted by atomic mass is 16.3. The first-order valence-corrected chi connectivity index (χ1v) is 14.7. The Labute approximate surface area is 250 Å². The topological polar surface area (TPSA) is 53.7 Å². The number of para-hydroxylation sites is 2. The third-order valence-electron chi connectivity index (χ3n) is 8.81. The lowest BCUT2D eigenvalue weighted by Crippen LogP contribution is -1.99. The van der Waals surface area contributed by atoms with Gasteiger partial charge in [-0.25, -0.2) is 9.67 Å². The molecule has 0 aliphatic carbocycles. The van der Waals surface area contributed by atoms with Crippen LogP contribution in [0.15, 0.2) is 144 Å². The van der Waals surface area contributed by atoms with Crippen molar-refractivity contribution in [2.75, 3.05) is 0 Å². The van der Waals surface area contributed by atoms with Crippen molar-refractivity contribution in [2.45, 2.75) is 0 Å². The van der Waals surface area contributed by atoms with Crippen LogP contribution in [0.3, 0.4) is 0 Å². The maximum absolute atomic E-state index is 6.32. The molecular weight excluding hydrogens is 542 g/mol. The van der Waals surface area contributed by atoms with Crippen LogP contribution in [0, 0.1) is 0 Å². The van der Waals surface area contributed by atoms with E-state index in [0.717, 1.165) is 61.2 Å². The first-order chi connectivity index (χ1) is 21.8. The van der Waals surface area contributed by atoms with E-state index in [1.165, 1.54) is 21.5 Å². The number of furan rings is 1. The normalized spacial score (nSPS) is 12.1. The minimum absolute atomic E-state index is 0.866. The van der Waals surface area contributed by atoms with Gasteiger partial charge in [0.2, 0.25) is 0 Å². The molecule has 0 bridgehead atoms. The zero-order valence-electron chi connectivity index (χ0n) is 23.4. The molecule has 0 aliphatic rings. The van der Waals surface area contributed by atoms with Gasteiger partial charge in [0.15, 0.2) is 0 Å². The summed E-state index contributed by atoms with van der Waals surface area (Å²) in [5.74, 6) is 0.866. The molecule has 10 aromatic rings. The minimum atomic E-state index is 0.866. The summed E-state index contributed by atoms with van der Waals surface area (Å²) in [6, 6.07) is 42.5. The Morgan fingerprint density at radius 3 is 2.09 bits per heavy atom. The molecule has 0 spiro atoms.